The van der Waals surface area contributed by atoms with E-state index in [-0.39, 0.29) is 39.0 Å². The van der Waals surface area contributed by atoms with Crippen molar-refractivity contribution in [1.82, 2.24) is 0 Å². The Balaban J connectivity index is 1.64. The third kappa shape index (κ3) is 2.71. The first kappa shape index (κ1) is 24.3. The zero-order valence-electron chi connectivity index (χ0n) is 22.8. The minimum atomic E-state index is -0.352. The fraction of sp³-hybridized carbons (Fsp3) is 0.806. The Morgan fingerprint density at radius 2 is 1.68 bits per heavy atom. The van der Waals surface area contributed by atoms with E-state index in [9.17, 15) is 9.59 Å². The maximum absolute atomic E-state index is 13.4. The van der Waals surface area contributed by atoms with Crippen molar-refractivity contribution in [3.63, 3.8) is 0 Å². The molecule has 0 bridgehead atoms. The van der Waals surface area contributed by atoms with E-state index >= 15 is 0 Å². The van der Waals surface area contributed by atoms with Crippen LogP contribution in [-0.4, -0.2) is 18.9 Å². The van der Waals surface area contributed by atoms with Crippen molar-refractivity contribution in [2.45, 2.75) is 93.4 Å². The Morgan fingerprint density at radius 3 is 2.35 bits per heavy atom. The zero-order valence-corrected chi connectivity index (χ0v) is 22.8. The van der Waals surface area contributed by atoms with Crippen molar-refractivity contribution >= 4 is 11.8 Å². The maximum Gasteiger partial charge on any atom is 0.312 e. The molecule has 0 aromatic carbocycles. The zero-order chi connectivity index (χ0) is 24.9. The lowest BCUT2D eigenvalue weighted by Gasteiger charge is -2.70. The van der Waals surface area contributed by atoms with Gasteiger partial charge in [0.05, 0.1) is 12.5 Å². The third-order valence-corrected chi connectivity index (χ3v) is 12.9. The summed E-state index contributed by atoms with van der Waals surface area (Å²) in [6.45, 7) is 16.7. The van der Waals surface area contributed by atoms with E-state index in [4.69, 9.17) is 4.74 Å². The summed E-state index contributed by atoms with van der Waals surface area (Å²) in [6, 6.07) is 0. The van der Waals surface area contributed by atoms with Crippen molar-refractivity contribution < 1.29 is 14.3 Å². The van der Waals surface area contributed by atoms with Gasteiger partial charge in [-0.1, -0.05) is 66.2 Å². The fourth-order valence-corrected chi connectivity index (χ4v) is 10.3. The van der Waals surface area contributed by atoms with Gasteiger partial charge in [-0.05, 0) is 96.9 Å². The highest BCUT2D eigenvalue weighted by molar-refractivity contribution is 5.95. The summed E-state index contributed by atoms with van der Waals surface area (Å²) in [5.74, 6) is 2.61. The number of rotatable bonds is 1. The minimum Gasteiger partial charge on any atom is -0.469 e. The number of ether oxygens (including phenoxy) is 1. The molecule has 3 saturated carbocycles. The van der Waals surface area contributed by atoms with Crippen molar-refractivity contribution in [1.29, 1.82) is 0 Å². The predicted molar refractivity (Wildman–Crippen MR) is 136 cm³/mol. The molecule has 9 atom stereocenters. The van der Waals surface area contributed by atoms with Gasteiger partial charge in [-0.3, -0.25) is 9.59 Å². The van der Waals surface area contributed by atoms with E-state index in [1.165, 1.54) is 0 Å². The van der Waals surface area contributed by atoms with Crippen molar-refractivity contribution in [2.24, 2.45) is 56.7 Å². The molecule has 0 heterocycles. The smallest absolute Gasteiger partial charge is 0.312 e. The summed E-state index contributed by atoms with van der Waals surface area (Å²) in [5, 5.41) is 0. The summed E-state index contributed by atoms with van der Waals surface area (Å²) >= 11 is 0. The van der Waals surface area contributed by atoms with Gasteiger partial charge in [0.1, 0.15) is 0 Å². The van der Waals surface area contributed by atoms with Crippen LogP contribution in [0.5, 0.6) is 0 Å². The summed E-state index contributed by atoms with van der Waals surface area (Å²) in [5.41, 5.74) is 1.19. The minimum absolute atomic E-state index is 0.0256. The quantitative estimate of drug-likeness (QED) is 0.304. The molecule has 0 aliphatic heterocycles. The molecule has 3 fully saturated rings. The van der Waals surface area contributed by atoms with Crippen LogP contribution in [0.1, 0.15) is 93.4 Å². The van der Waals surface area contributed by atoms with Crippen LogP contribution in [0.3, 0.4) is 0 Å². The summed E-state index contributed by atoms with van der Waals surface area (Å²) in [6.07, 6.45) is 14.2. The van der Waals surface area contributed by atoms with Crippen LogP contribution >= 0.6 is 0 Å². The van der Waals surface area contributed by atoms with Gasteiger partial charge < -0.3 is 4.74 Å². The van der Waals surface area contributed by atoms with Gasteiger partial charge in [-0.25, -0.2) is 0 Å². The Hall–Kier alpha value is -1.38. The lowest BCUT2D eigenvalue weighted by Crippen LogP contribution is -2.64. The van der Waals surface area contributed by atoms with Gasteiger partial charge in [0.15, 0.2) is 5.78 Å². The molecule has 188 valence electrons. The fourth-order valence-electron chi connectivity index (χ4n) is 10.3. The van der Waals surface area contributed by atoms with E-state index in [2.05, 4.69) is 60.6 Å². The first-order valence-corrected chi connectivity index (χ1v) is 13.8. The molecule has 0 N–H and O–H groups in total. The van der Waals surface area contributed by atoms with E-state index in [1.807, 2.05) is 6.08 Å². The van der Waals surface area contributed by atoms with Crippen LogP contribution in [0, 0.1) is 56.7 Å². The highest BCUT2D eigenvalue weighted by atomic mass is 16.5. The largest absolute Gasteiger partial charge is 0.469 e. The number of esters is 1. The number of methoxy groups -OCH3 is 1. The van der Waals surface area contributed by atoms with Crippen LogP contribution in [0.15, 0.2) is 23.8 Å². The predicted octanol–water partition coefficient (Wildman–Crippen LogP) is 7.16. The maximum atomic E-state index is 13.4. The van der Waals surface area contributed by atoms with Crippen LogP contribution in [0.2, 0.25) is 0 Å². The van der Waals surface area contributed by atoms with Crippen LogP contribution in [-0.2, 0) is 14.3 Å². The number of ketones is 1. The van der Waals surface area contributed by atoms with Crippen molar-refractivity contribution in [2.75, 3.05) is 7.11 Å². The Morgan fingerprint density at radius 1 is 0.971 bits per heavy atom. The third-order valence-electron chi connectivity index (χ3n) is 12.9. The number of hydrogen-bond acceptors (Lipinski definition) is 3. The lowest BCUT2D eigenvalue weighted by molar-refractivity contribution is -0.179. The van der Waals surface area contributed by atoms with Gasteiger partial charge in [0, 0.05) is 5.41 Å². The standard InChI is InChI=1S/C31H46O3/c1-19-11-16-31(26(33)34-8)18-17-29(6)21(25(31)20(19)2)9-10-23-28(5)14-13-24(32)27(3,4)22(28)12-15-30(23,29)7/h9,13-14,19-20,22-23,25H,10-12,15-18H2,1-8H3/t19-,20+,22+,23-,25+,28+,29-,30-,31+/m1/s1. The highest BCUT2D eigenvalue weighted by Gasteiger charge is 2.69. The number of allylic oxidation sites excluding steroid dienone is 4. The molecule has 34 heavy (non-hydrogen) atoms. The number of hydrogen-bond donors (Lipinski definition) is 0. The van der Waals surface area contributed by atoms with E-state index in [1.54, 1.807) is 12.7 Å². The lowest BCUT2D eigenvalue weighted by atomic mass is 9.34. The molecule has 5 aliphatic rings. The van der Waals surface area contributed by atoms with Gasteiger partial charge >= 0.3 is 5.97 Å². The average Bonchev–Trinajstić information content (AvgIpc) is 2.79. The summed E-state index contributed by atoms with van der Waals surface area (Å²) in [7, 11) is 1.58. The second-order valence-corrected chi connectivity index (χ2v) is 14.1. The first-order chi connectivity index (χ1) is 15.8. The van der Waals surface area contributed by atoms with E-state index in [0.717, 1.165) is 44.9 Å². The molecule has 0 amide bonds. The van der Waals surface area contributed by atoms with Gasteiger partial charge in [0.25, 0.3) is 0 Å². The summed E-state index contributed by atoms with van der Waals surface area (Å²) in [4.78, 5) is 26.2. The van der Waals surface area contributed by atoms with Crippen LogP contribution in [0.25, 0.3) is 0 Å². The molecule has 5 rings (SSSR count). The number of carbonyl (C=O) groups is 2. The molecule has 5 aliphatic carbocycles. The van der Waals surface area contributed by atoms with Crippen LogP contribution in [0.4, 0.5) is 0 Å². The molecule has 3 heteroatoms. The number of carbonyl (C=O) groups excluding carboxylic acids is 2. The SMILES string of the molecule is COC(=O)[C@]12CC[C@@H](C)[C@H](C)[C@H]1C1=CC[C@@H]3[C@@]4(C)C=CC(=O)C(C)(C)[C@@H]4CC[C@@]3(C)[C@]1(C)CC2. The molecule has 0 aromatic heterocycles. The second kappa shape index (κ2) is 7.32. The Kier molecular flexibility index (Phi) is 5.24. The van der Waals surface area contributed by atoms with Gasteiger partial charge in [-0.2, -0.15) is 0 Å². The molecule has 0 spiro atoms. The Labute approximate surface area is 207 Å². The molecule has 0 aromatic rings. The topological polar surface area (TPSA) is 43.4 Å². The highest BCUT2D eigenvalue weighted by Crippen LogP contribution is 2.75. The average molecular weight is 467 g/mol. The van der Waals surface area contributed by atoms with E-state index in [0.29, 0.717) is 29.5 Å². The molecular formula is C31H46O3. The monoisotopic (exact) mass is 466 g/mol. The van der Waals surface area contributed by atoms with Crippen LogP contribution < -0.4 is 0 Å². The van der Waals surface area contributed by atoms with Gasteiger partial charge in [0.2, 0.25) is 0 Å². The Bertz CT molecular complexity index is 973. The molecule has 0 unspecified atom stereocenters. The van der Waals surface area contributed by atoms with Gasteiger partial charge in [-0.15, -0.1) is 0 Å². The molecular weight excluding hydrogens is 420 g/mol. The summed E-state index contributed by atoms with van der Waals surface area (Å²) < 4.78 is 5.49. The second-order valence-electron chi connectivity index (χ2n) is 14.1. The van der Waals surface area contributed by atoms with E-state index < -0.39 is 0 Å². The first-order valence-electron chi connectivity index (χ1n) is 13.8. The normalized spacial score (nSPS) is 51.4. The van der Waals surface area contributed by atoms with Crippen molar-refractivity contribution in [3.8, 4) is 0 Å². The molecule has 0 radical (unpaired) electrons. The van der Waals surface area contributed by atoms with Crippen molar-refractivity contribution in [3.05, 3.63) is 23.8 Å². The number of fused-ring (bicyclic) bond motifs is 7. The molecule has 3 nitrogen and oxygen atoms in total. The molecule has 0 saturated heterocycles.